The van der Waals surface area contributed by atoms with Crippen LogP contribution >= 0.6 is 0 Å². The van der Waals surface area contributed by atoms with E-state index in [0.29, 0.717) is 25.1 Å². The van der Waals surface area contributed by atoms with Crippen LogP contribution in [0.2, 0.25) is 0 Å². The molecular weight excluding hydrogens is 342 g/mol. The van der Waals surface area contributed by atoms with Gasteiger partial charge in [0.05, 0.1) is 0 Å². The van der Waals surface area contributed by atoms with Gasteiger partial charge in [-0.1, -0.05) is 26.0 Å². The smallest absolute Gasteiger partial charge is 0.268 e. The molecule has 0 radical (unpaired) electrons. The van der Waals surface area contributed by atoms with Gasteiger partial charge in [-0.2, -0.15) is 0 Å². The number of hydrogen-bond acceptors (Lipinski definition) is 3. The van der Waals surface area contributed by atoms with Crippen LogP contribution < -0.4 is 5.32 Å². The van der Waals surface area contributed by atoms with Crippen molar-refractivity contribution in [3.8, 4) is 5.75 Å². The molecule has 6 heteroatoms. The molecule has 27 heavy (non-hydrogen) atoms. The van der Waals surface area contributed by atoms with E-state index in [2.05, 4.69) is 16.9 Å². The van der Waals surface area contributed by atoms with Crippen LogP contribution in [-0.2, 0) is 21.4 Å². The maximum atomic E-state index is 12.9. The predicted octanol–water partition coefficient (Wildman–Crippen LogP) is 2.49. The van der Waals surface area contributed by atoms with Gasteiger partial charge in [0.25, 0.3) is 5.91 Å². The molecule has 1 fully saturated rings. The maximum Gasteiger partial charge on any atom is 0.268 e. The standard InChI is InChI=1S/C21H23N3O3/c1-4-21(2,3)18-14(13-8-7-12(25)10-15(13)22-18)11-16-20(27)24-9-5-6-17(24)19(26)23-16/h4,6-8,10,16,22,25H,1,5,9,11H2,2-3H3,(H,23,26)/t16-/m0/s1. The fourth-order valence-corrected chi connectivity index (χ4v) is 3.94. The number of hydrogen-bond donors (Lipinski definition) is 3. The Morgan fingerprint density at radius 3 is 2.89 bits per heavy atom. The van der Waals surface area contributed by atoms with Crippen molar-refractivity contribution >= 4 is 22.7 Å². The minimum Gasteiger partial charge on any atom is -0.508 e. The van der Waals surface area contributed by atoms with Gasteiger partial charge in [-0.15, -0.1) is 6.58 Å². The number of aromatic nitrogens is 1. The third-order valence-electron chi connectivity index (χ3n) is 5.54. The van der Waals surface area contributed by atoms with E-state index in [9.17, 15) is 14.7 Å². The van der Waals surface area contributed by atoms with Crippen LogP contribution in [0.25, 0.3) is 10.9 Å². The molecule has 6 nitrogen and oxygen atoms in total. The lowest BCUT2D eigenvalue weighted by atomic mass is 9.84. The van der Waals surface area contributed by atoms with Crippen LogP contribution in [0, 0.1) is 0 Å². The summed E-state index contributed by atoms with van der Waals surface area (Å²) in [5, 5.41) is 13.6. The SMILES string of the molecule is C=CC(C)(C)c1[nH]c2cc(O)ccc2c1C[C@@H]1NC(=O)C2=CCCN2C1=O. The zero-order chi connectivity index (χ0) is 19.3. The highest BCUT2D eigenvalue weighted by Crippen LogP contribution is 2.35. The number of phenolic OH excluding ortho intramolecular Hbond substituents is 1. The van der Waals surface area contributed by atoms with Crippen molar-refractivity contribution in [2.45, 2.75) is 38.1 Å². The molecule has 1 atom stereocenters. The Balaban J connectivity index is 1.78. The number of carbonyl (C=O) groups excluding carboxylic acids is 2. The first-order chi connectivity index (χ1) is 12.8. The Bertz CT molecular complexity index is 1000. The van der Waals surface area contributed by atoms with Gasteiger partial charge in [-0.25, -0.2) is 0 Å². The number of phenols is 1. The number of rotatable bonds is 4. The lowest BCUT2D eigenvalue weighted by Crippen LogP contribution is -2.56. The highest BCUT2D eigenvalue weighted by atomic mass is 16.3. The minimum atomic E-state index is -0.611. The quantitative estimate of drug-likeness (QED) is 0.728. The Kier molecular flexibility index (Phi) is 3.87. The summed E-state index contributed by atoms with van der Waals surface area (Å²) in [4.78, 5) is 30.2. The molecule has 0 unspecified atom stereocenters. The summed E-state index contributed by atoms with van der Waals surface area (Å²) < 4.78 is 0. The molecule has 0 saturated carbocycles. The van der Waals surface area contributed by atoms with Gasteiger partial charge in [0.15, 0.2) is 0 Å². The summed E-state index contributed by atoms with van der Waals surface area (Å²) in [6, 6.07) is 4.53. The number of aromatic hydroxyl groups is 1. The number of piperazine rings is 1. The molecule has 140 valence electrons. The molecule has 2 amide bonds. The monoisotopic (exact) mass is 365 g/mol. The first-order valence-corrected chi connectivity index (χ1v) is 9.12. The molecule has 0 spiro atoms. The Hall–Kier alpha value is -3.02. The second-order valence-electron chi connectivity index (χ2n) is 7.73. The van der Waals surface area contributed by atoms with E-state index < -0.39 is 6.04 Å². The number of aromatic amines is 1. The van der Waals surface area contributed by atoms with E-state index in [1.807, 2.05) is 32.1 Å². The van der Waals surface area contributed by atoms with Gasteiger partial charge in [-0.05, 0) is 24.1 Å². The predicted molar refractivity (Wildman–Crippen MR) is 103 cm³/mol. The number of benzene rings is 1. The molecule has 1 aromatic carbocycles. The third-order valence-corrected chi connectivity index (χ3v) is 5.54. The fraction of sp³-hybridized carbons (Fsp3) is 0.333. The first kappa shape index (κ1) is 17.4. The molecule has 3 heterocycles. The molecule has 4 rings (SSSR count). The van der Waals surface area contributed by atoms with Crippen molar-refractivity contribution in [1.82, 2.24) is 15.2 Å². The number of amides is 2. The number of carbonyl (C=O) groups is 2. The van der Waals surface area contributed by atoms with Gasteiger partial charge in [0, 0.05) is 41.0 Å². The molecule has 2 aromatic rings. The number of nitrogens with zero attached hydrogens (tertiary/aromatic N) is 1. The van der Waals surface area contributed by atoms with Gasteiger partial charge >= 0.3 is 0 Å². The van der Waals surface area contributed by atoms with Crippen molar-refractivity contribution in [3.63, 3.8) is 0 Å². The zero-order valence-corrected chi connectivity index (χ0v) is 15.5. The van der Waals surface area contributed by atoms with E-state index in [1.165, 1.54) is 0 Å². The van der Waals surface area contributed by atoms with E-state index in [-0.39, 0.29) is 23.0 Å². The summed E-state index contributed by atoms with van der Waals surface area (Å²) >= 11 is 0. The molecule has 1 aromatic heterocycles. The average molecular weight is 365 g/mol. The lowest BCUT2D eigenvalue weighted by Gasteiger charge is -2.32. The number of H-pyrrole nitrogens is 1. The van der Waals surface area contributed by atoms with Crippen LogP contribution in [0.15, 0.2) is 42.6 Å². The molecule has 2 aliphatic heterocycles. The highest BCUT2D eigenvalue weighted by molar-refractivity contribution is 6.05. The number of allylic oxidation sites excluding steroid dienone is 1. The Morgan fingerprint density at radius 1 is 1.37 bits per heavy atom. The second-order valence-corrected chi connectivity index (χ2v) is 7.73. The summed E-state index contributed by atoms with van der Waals surface area (Å²) in [7, 11) is 0. The minimum absolute atomic E-state index is 0.0752. The lowest BCUT2D eigenvalue weighted by molar-refractivity contribution is -0.139. The van der Waals surface area contributed by atoms with E-state index in [4.69, 9.17) is 0 Å². The van der Waals surface area contributed by atoms with Crippen molar-refractivity contribution in [3.05, 3.63) is 53.9 Å². The van der Waals surface area contributed by atoms with Crippen LogP contribution in [0.5, 0.6) is 5.75 Å². The van der Waals surface area contributed by atoms with E-state index in [1.54, 1.807) is 17.0 Å². The topological polar surface area (TPSA) is 85.4 Å². The van der Waals surface area contributed by atoms with Crippen LogP contribution in [0.4, 0.5) is 0 Å². The Labute approximate surface area is 157 Å². The van der Waals surface area contributed by atoms with Crippen molar-refractivity contribution in [1.29, 1.82) is 0 Å². The molecule has 3 N–H and O–H groups in total. The van der Waals surface area contributed by atoms with Crippen molar-refractivity contribution < 1.29 is 14.7 Å². The van der Waals surface area contributed by atoms with E-state index >= 15 is 0 Å². The molecular formula is C21H23N3O3. The van der Waals surface area contributed by atoms with Crippen molar-refractivity contribution in [2.75, 3.05) is 6.54 Å². The summed E-state index contributed by atoms with van der Waals surface area (Å²) in [6.45, 7) is 8.57. The van der Waals surface area contributed by atoms with Crippen molar-refractivity contribution in [2.24, 2.45) is 0 Å². The van der Waals surface area contributed by atoms with Crippen LogP contribution in [-0.4, -0.2) is 39.4 Å². The third kappa shape index (κ3) is 2.72. The first-order valence-electron chi connectivity index (χ1n) is 9.12. The Morgan fingerprint density at radius 2 is 2.15 bits per heavy atom. The maximum absolute atomic E-state index is 12.9. The number of fused-ring (bicyclic) bond motifs is 2. The highest BCUT2D eigenvalue weighted by Gasteiger charge is 2.39. The molecule has 0 aliphatic carbocycles. The van der Waals surface area contributed by atoms with Gasteiger partial charge < -0.3 is 20.3 Å². The van der Waals surface area contributed by atoms with E-state index in [0.717, 1.165) is 22.2 Å². The average Bonchev–Trinajstić information content (AvgIpc) is 3.25. The van der Waals surface area contributed by atoms with Gasteiger partial charge in [0.2, 0.25) is 5.91 Å². The molecule has 1 saturated heterocycles. The van der Waals surface area contributed by atoms with Gasteiger partial charge in [-0.3, -0.25) is 9.59 Å². The molecule has 2 aliphatic rings. The summed E-state index contributed by atoms with van der Waals surface area (Å²) in [5.74, 6) is -0.0971. The normalized spacial score (nSPS) is 19.9. The summed E-state index contributed by atoms with van der Waals surface area (Å²) in [6.07, 6.45) is 4.75. The number of nitrogens with one attached hydrogen (secondary N) is 2. The zero-order valence-electron chi connectivity index (χ0n) is 15.5. The largest absolute Gasteiger partial charge is 0.508 e. The van der Waals surface area contributed by atoms with Crippen LogP contribution in [0.1, 0.15) is 31.5 Å². The van der Waals surface area contributed by atoms with Gasteiger partial charge in [0.1, 0.15) is 17.5 Å². The fourth-order valence-electron chi connectivity index (χ4n) is 3.94. The second kappa shape index (κ2) is 6.01. The summed E-state index contributed by atoms with van der Waals surface area (Å²) in [5.41, 5.74) is 2.80. The van der Waals surface area contributed by atoms with Crippen LogP contribution in [0.3, 0.4) is 0 Å². The molecule has 0 bridgehead atoms.